The SMILES string of the molecule is O=C(c1ccn[nH]1)N1CCC(c2n[nH]c3c2CN(Cc2ccccc2)CC3)C1. The second-order valence-electron chi connectivity index (χ2n) is 7.72. The number of nitrogens with one attached hydrogen (secondary N) is 2. The molecule has 3 aromatic rings. The largest absolute Gasteiger partial charge is 0.337 e. The van der Waals surface area contributed by atoms with Crippen LogP contribution in [0.1, 0.15) is 45.3 Å². The Morgan fingerprint density at radius 3 is 2.86 bits per heavy atom. The summed E-state index contributed by atoms with van der Waals surface area (Å²) in [5.74, 6) is 0.318. The highest BCUT2D eigenvalue weighted by atomic mass is 16.2. The van der Waals surface area contributed by atoms with E-state index in [4.69, 9.17) is 0 Å². The van der Waals surface area contributed by atoms with E-state index in [2.05, 4.69) is 55.6 Å². The molecule has 4 heterocycles. The van der Waals surface area contributed by atoms with Crippen LogP contribution < -0.4 is 0 Å². The summed E-state index contributed by atoms with van der Waals surface area (Å²) in [4.78, 5) is 17.0. The average Bonchev–Trinajstić information content (AvgIpc) is 3.48. The van der Waals surface area contributed by atoms with Crippen LogP contribution in [0.5, 0.6) is 0 Å². The van der Waals surface area contributed by atoms with Gasteiger partial charge in [0.05, 0.1) is 5.69 Å². The summed E-state index contributed by atoms with van der Waals surface area (Å²) in [6, 6.07) is 12.3. The van der Waals surface area contributed by atoms with E-state index in [0.717, 1.165) is 44.7 Å². The van der Waals surface area contributed by atoms with Gasteiger partial charge >= 0.3 is 0 Å². The number of rotatable bonds is 4. The molecule has 5 rings (SSSR count). The number of nitrogens with zero attached hydrogens (tertiary/aromatic N) is 4. The Hall–Kier alpha value is -2.93. The molecule has 2 aromatic heterocycles. The predicted octanol–water partition coefficient (Wildman–Crippen LogP) is 2.32. The minimum Gasteiger partial charge on any atom is -0.337 e. The molecule has 7 nitrogen and oxygen atoms in total. The van der Waals surface area contributed by atoms with Crippen molar-refractivity contribution < 1.29 is 4.79 Å². The number of hydrogen-bond donors (Lipinski definition) is 2. The molecule has 0 saturated carbocycles. The van der Waals surface area contributed by atoms with Gasteiger partial charge in [-0.3, -0.25) is 19.9 Å². The summed E-state index contributed by atoms with van der Waals surface area (Å²) >= 11 is 0. The Bertz CT molecular complexity index is 949. The lowest BCUT2D eigenvalue weighted by molar-refractivity contribution is 0.0784. The molecular formula is C21H24N6O. The number of amides is 1. The quantitative estimate of drug-likeness (QED) is 0.732. The average molecular weight is 376 g/mol. The van der Waals surface area contributed by atoms with Gasteiger partial charge in [0.15, 0.2) is 0 Å². The number of aromatic nitrogens is 4. The smallest absolute Gasteiger partial charge is 0.271 e. The van der Waals surface area contributed by atoms with Gasteiger partial charge in [-0.25, -0.2) is 0 Å². The zero-order valence-corrected chi connectivity index (χ0v) is 15.8. The monoisotopic (exact) mass is 376 g/mol. The normalized spacial score (nSPS) is 19.7. The summed E-state index contributed by atoms with van der Waals surface area (Å²) in [5.41, 5.74) is 5.64. The molecule has 0 aliphatic carbocycles. The zero-order valence-electron chi connectivity index (χ0n) is 15.8. The van der Waals surface area contributed by atoms with E-state index >= 15 is 0 Å². The van der Waals surface area contributed by atoms with Gasteiger partial charge in [0.25, 0.3) is 5.91 Å². The van der Waals surface area contributed by atoms with E-state index in [1.54, 1.807) is 12.3 Å². The number of hydrogen-bond acceptors (Lipinski definition) is 4. The first-order valence-corrected chi connectivity index (χ1v) is 9.89. The Kier molecular flexibility index (Phi) is 4.44. The summed E-state index contributed by atoms with van der Waals surface area (Å²) in [5, 5.41) is 14.6. The molecule has 144 valence electrons. The first-order valence-electron chi connectivity index (χ1n) is 9.89. The van der Waals surface area contributed by atoms with Gasteiger partial charge in [0.1, 0.15) is 5.69 Å². The van der Waals surface area contributed by atoms with E-state index in [1.165, 1.54) is 16.8 Å². The topological polar surface area (TPSA) is 80.9 Å². The number of aromatic amines is 2. The third-order valence-electron chi connectivity index (χ3n) is 5.89. The molecule has 2 aliphatic heterocycles. The van der Waals surface area contributed by atoms with Gasteiger partial charge in [0.2, 0.25) is 0 Å². The van der Waals surface area contributed by atoms with E-state index in [9.17, 15) is 4.79 Å². The molecule has 0 spiro atoms. The highest BCUT2D eigenvalue weighted by Crippen LogP contribution is 2.32. The standard InChI is InChI=1S/C21H24N6O/c28-21(19-6-9-22-23-19)27-11-7-16(13-27)20-17-14-26(10-8-18(17)24-25-20)12-15-4-2-1-3-5-15/h1-6,9,16H,7-8,10-14H2,(H,22,23)(H,24,25). The molecule has 7 heteroatoms. The van der Waals surface area contributed by atoms with Crippen LogP contribution >= 0.6 is 0 Å². The van der Waals surface area contributed by atoms with Crippen molar-refractivity contribution in [1.29, 1.82) is 0 Å². The molecule has 1 amide bonds. The predicted molar refractivity (Wildman–Crippen MR) is 105 cm³/mol. The van der Waals surface area contributed by atoms with Crippen molar-refractivity contribution in [2.75, 3.05) is 19.6 Å². The fraction of sp³-hybridized carbons (Fsp3) is 0.381. The molecule has 2 aliphatic rings. The number of likely N-dealkylation sites (tertiary alicyclic amines) is 1. The maximum Gasteiger partial charge on any atom is 0.271 e. The number of carbonyl (C=O) groups is 1. The molecule has 1 atom stereocenters. The van der Waals surface area contributed by atoms with Crippen molar-refractivity contribution in [3.63, 3.8) is 0 Å². The van der Waals surface area contributed by atoms with Gasteiger partial charge in [-0.15, -0.1) is 0 Å². The van der Waals surface area contributed by atoms with Crippen molar-refractivity contribution >= 4 is 5.91 Å². The van der Waals surface area contributed by atoms with Crippen LogP contribution in [0.2, 0.25) is 0 Å². The highest BCUT2D eigenvalue weighted by Gasteiger charge is 2.33. The van der Waals surface area contributed by atoms with E-state index in [-0.39, 0.29) is 5.91 Å². The van der Waals surface area contributed by atoms with Crippen LogP contribution in [0.3, 0.4) is 0 Å². The van der Waals surface area contributed by atoms with Crippen molar-refractivity contribution in [2.45, 2.75) is 31.8 Å². The van der Waals surface area contributed by atoms with Crippen LogP contribution in [0, 0.1) is 0 Å². The minimum absolute atomic E-state index is 0.0232. The molecule has 28 heavy (non-hydrogen) atoms. The lowest BCUT2D eigenvalue weighted by atomic mass is 9.96. The van der Waals surface area contributed by atoms with Gasteiger partial charge in [0, 0.05) is 62.5 Å². The van der Waals surface area contributed by atoms with Gasteiger partial charge in [-0.05, 0) is 18.1 Å². The minimum atomic E-state index is 0.0232. The maximum atomic E-state index is 12.6. The fourth-order valence-electron chi connectivity index (χ4n) is 4.40. The van der Waals surface area contributed by atoms with Crippen LogP contribution in [0.25, 0.3) is 0 Å². The number of fused-ring (bicyclic) bond motifs is 1. The molecule has 2 N–H and O–H groups in total. The van der Waals surface area contributed by atoms with Gasteiger partial charge in [-0.1, -0.05) is 30.3 Å². The third kappa shape index (κ3) is 3.22. The molecule has 0 radical (unpaired) electrons. The summed E-state index contributed by atoms with van der Waals surface area (Å²) < 4.78 is 0. The van der Waals surface area contributed by atoms with Gasteiger partial charge in [-0.2, -0.15) is 10.2 Å². The number of H-pyrrole nitrogens is 2. The first-order chi connectivity index (χ1) is 13.8. The van der Waals surface area contributed by atoms with Crippen molar-refractivity contribution in [2.24, 2.45) is 0 Å². The van der Waals surface area contributed by atoms with E-state index in [0.29, 0.717) is 18.2 Å². The lowest BCUT2D eigenvalue weighted by Gasteiger charge is -2.27. The number of carbonyl (C=O) groups excluding carboxylic acids is 1. The Morgan fingerprint density at radius 2 is 2.04 bits per heavy atom. The highest BCUT2D eigenvalue weighted by molar-refractivity contribution is 5.92. The van der Waals surface area contributed by atoms with Crippen LogP contribution in [0.4, 0.5) is 0 Å². The summed E-state index contributed by atoms with van der Waals surface area (Å²) in [7, 11) is 0. The Morgan fingerprint density at radius 1 is 1.14 bits per heavy atom. The van der Waals surface area contributed by atoms with E-state index < -0.39 is 0 Å². The van der Waals surface area contributed by atoms with Crippen molar-refractivity contribution in [3.8, 4) is 0 Å². The maximum absolute atomic E-state index is 12.6. The van der Waals surface area contributed by atoms with E-state index in [1.807, 2.05) is 4.90 Å². The first kappa shape index (κ1) is 17.2. The summed E-state index contributed by atoms with van der Waals surface area (Å²) in [6.45, 7) is 4.39. The van der Waals surface area contributed by atoms with Crippen LogP contribution in [-0.4, -0.2) is 55.7 Å². The lowest BCUT2D eigenvalue weighted by Crippen LogP contribution is -2.31. The third-order valence-corrected chi connectivity index (χ3v) is 5.89. The molecule has 1 aromatic carbocycles. The van der Waals surface area contributed by atoms with Gasteiger partial charge < -0.3 is 4.90 Å². The molecule has 0 bridgehead atoms. The molecule has 1 unspecified atom stereocenters. The Labute approximate surface area is 163 Å². The zero-order chi connectivity index (χ0) is 18.9. The van der Waals surface area contributed by atoms with Crippen molar-refractivity contribution in [3.05, 3.63) is 70.8 Å². The number of benzene rings is 1. The molecular weight excluding hydrogens is 352 g/mol. The summed E-state index contributed by atoms with van der Waals surface area (Å²) in [6.07, 6.45) is 3.57. The Balaban J connectivity index is 1.29. The molecule has 1 fully saturated rings. The molecule has 1 saturated heterocycles. The second kappa shape index (κ2) is 7.24. The second-order valence-corrected chi connectivity index (χ2v) is 7.72. The van der Waals surface area contributed by atoms with Crippen molar-refractivity contribution in [1.82, 2.24) is 30.2 Å². The fourth-order valence-corrected chi connectivity index (χ4v) is 4.40. The van der Waals surface area contributed by atoms with Crippen LogP contribution in [0.15, 0.2) is 42.6 Å². The van der Waals surface area contributed by atoms with Crippen LogP contribution in [-0.2, 0) is 19.5 Å².